The van der Waals surface area contributed by atoms with Crippen LogP contribution >= 0.6 is 0 Å². The van der Waals surface area contributed by atoms with Crippen LogP contribution in [0.1, 0.15) is 38.3 Å². The van der Waals surface area contributed by atoms with Gasteiger partial charge in [-0.15, -0.1) is 0 Å². The Balaban J connectivity index is 2.49. The van der Waals surface area contributed by atoms with Gasteiger partial charge >= 0.3 is 0 Å². The first-order valence-electron chi connectivity index (χ1n) is 7.85. The molecule has 1 N–H and O–H groups in total. The highest BCUT2D eigenvalue weighted by Gasteiger charge is 2.13. The second-order valence-corrected chi connectivity index (χ2v) is 4.91. The Morgan fingerprint density at radius 2 is 1.81 bits per heavy atom. The maximum Gasteiger partial charge on any atom is 0.124 e. The van der Waals surface area contributed by atoms with Gasteiger partial charge in [0.15, 0.2) is 0 Å². The monoisotopic (exact) mass is 295 g/mol. The van der Waals surface area contributed by atoms with Crippen molar-refractivity contribution in [1.82, 2.24) is 5.32 Å². The molecule has 0 aromatic heterocycles. The van der Waals surface area contributed by atoms with Gasteiger partial charge in [-0.3, -0.25) is 0 Å². The van der Waals surface area contributed by atoms with Crippen LogP contribution in [0, 0.1) is 0 Å². The van der Waals surface area contributed by atoms with Gasteiger partial charge in [0.2, 0.25) is 0 Å². The van der Waals surface area contributed by atoms with E-state index in [4.69, 9.17) is 14.2 Å². The predicted octanol–water partition coefficient (Wildman–Crippen LogP) is 3.18. The fourth-order valence-electron chi connectivity index (χ4n) is 2.15. The summed E-state index contributed by atoms with van der Waals surface area (Å²) in [5.41, 5.74) is 1.23. The molecule has 0 saturated carbocycles. The van der Waals surface area contributed by atoms with Crippen LogP contribution in [-0.4, -0.2) is 40.1 Å². The molecule has 120 valence electrons. The molecule has 21 heavy (non-hydrogen) atoms. The van der Waals surface area contributed by atoms with Crippen molar-refractivity contribution in [2.24, 2.45) is 0 Å². The lowest BCUT2D eigenvalue weighted by Gasteiger charge is -2.20. The summed E-state index contributed by atoms with van der Waals surface area (Å²) in [6, 6.07) is 8.58. The molecule has 0 aliphatic carbocycles. The number of hydrogen-bond donors (Lipinski definition) is 1. The van der Waals surface area contributed by atoms with E-state index in [-0.39, 0.29) is 0 Å². The SMILES string of the molecule is CCCNC(CC)c1ccccc1OCCOCCOC. The fourth-order valence-corrected chi connectivity index (χ4v) is 2.15. The normalized spacial score (nSPS) is 12.3. The van der Waals surface area contributed by atoms with Crippen molar-refractivity contribution in [3.05, 3.63) is 29.8 Å². The summed E-state index contributed by atoms with van der Waals surface area (Å²) in [7, 11) is 1.67. The van der Waals surface area contributed by atoms with Gasteiger partial charge in [0.25, 0.3) is 0 Å². The number of methoxy groups -OCH3 is 1. The highest BCUT2D eigenvalue weighted by molar-refractivity contribution is 5.35. The zero-order chi connectivity index (χ0) is 15.3. The highest BCUT2D eigenvalue weighted by Crippen LogP contribution is 2.27. The molecule has 0 bridgehead atoms. The van der Waals surface area contributed by atoms with Gasteiger partial charge in [0.1, 0.15) is 12.4 Å². The highest BCUT2D eigenvalue weighted by atomic mass is 16.5. The third-order valence-electron chi connectivity index (χ3n) is 3.26. The van der Waals surface area contributed by atoms with E-state index in [1.807, 2.05) is 12.1 Å². The standard InChI is InChI=1S/C17H29NO3/c1-4-10-18-16(5-2)15-8-6-7-9-17(15)21-14-13-20-12-11-19-3/h6-9,16,18H,4-5,10-14H2,1-3H3. The third kappa shape index (κ3) is 6.93. The first-order chi connectivity index (χ1) is 10.3. The van der Waals surface area contributed by atoms with Crippen LogP contribution in [0.3, 0.4) is 0 Å². The number of nitrogens with one attached hydrogen (secondary N) is 1. The molecule has 1 aromatic carbocycles. The van der Waals surface area contributed by atoms with E-state index >= 15 is 0 Å². The summed E-state index contributed by atoms with van der Waals surface area (Å²) in [6.07, 6.45) is 2.18. The summed E-state index contributed by atoms with van der Waals surface area (Å²) >= 11 is 0. The summed E-state index contributed by atoms with van der Waals surface area (Å²) < 4.78 is 16.2. The topological polar surface area (TPSA) is 39.7 Å². The van der Waals surface area contributed by atoms with Gasteiger partial charge < -0.3 is 19.5 Å². The molecule has 0 aliphatic heterocycles. The van der Waals surface area contributed by atoms with Crippen LogP contribution in [0.15, 0.2) is 24.3 Å². The molecule has 1 rings (SSSR count). The molecule has 4 heteroatoms. The number of rotatable bonds is 12. The lowest BCUT2D eigenvalue weighted by atomic mass is 10.0. The molecular weight excluding hydrogens is 266 g/mol. The molecule has 0 heterocycles. The Kier molecular flexibility index (Phi) is 9.87. The summed E-state index contributed by atoms with van der Waals surface area (Å²) in [5.74, 6) is 0.947. The van der Waals surface area contributed by atoms with Crippen LogP contribution in [-0.2, 0) is 9.47 Å². The number of benzene rings is 1. The van der Waals surface area contributed by atoms with Gasteiger partial charge in [-0.1, -0.05) is 32.0 Å². The van der Waals surface area contributed by atoms with E-state index in [1.54, 1.807) is 7.11 Å². The van der Waals surface area contributed by atoms with Gasteiger partial charge in [0, 0.05) is 18.7 Å². The zero-order valence-electron chi connectivity index (χ0n) is 13.6. The van der Waals surface area contributed by atoms with Crippen molar-refractivity contribution < 1.29 is 14.2 Å². The minimum absolute atomic E-state index is 0.343. The number of hydrogen-bond acceptors (Lipinski definition) is 4. The maximum atomic E-state index is 5.87. The average molecular weight is 295 g/mol. The van der Waals surface area contributed by atoms with Crippen LogP contribution in [0.25, 0.3) is 0 Å². The minimum Gasteiger partial charge on any atom is -0.491 e. The quantitative estimate of drug-likeness (QED) is 0.601. The lowest BCUT2D eigenvalue weighted by Crippen LogP contribution is -2.22. The van der Waals surface area contributed by atoms with Crippen molar-refractivity contribution in [3.63, 3.8) is 0 Å². The van der Waals surface area contributed by atoms with Crippen molar-refractivity contribution in [3.8, 4) is 5.75 Å². The van der Waals surface area contributed by atoms with Gasteiger partial charge in [-0.05, 0) is 25.5 Å². The van der Waals surface area contributed by atoms with E-state index in [1.165, 1.54) is 5.56 Å². The third-order valence-corrected chi connectivity index (χ3v) is 3.26. The Labute approximate surface area is 128 Å². The fraction of sp³-hybridized carbons (Fsp3) is 0.647. The molecule has 1 unspecified atom stereocenters. The number of para-hydroxylation sites is 1. The Morgan fingerprint density at radius 1 is 1.05 bits per heavy atom. The molecule has 0 amide bonds. The van der Waals surface area contributed by atoms with Crippen molar-refractivity contribution >= 4 is 0 Å². The van der Waals surface area contributed by atoms with Gasteiger partial charge in [0.05, 0.1) is 19.8 Å². The summed E-state index contributed by atoms with van der Waals surface area (Å²) in [6.45, 7) is 7.76. The Hall–Kier alpha value is -1.10. The first kappa shape index (κ1) is 18.0. The van der Waals surface area contributed by atoms with Gasteiger partial charge in [-0.25, -0.2) is 0 Å². The van der Waals surface area contributed by atoms with Crippen LogP contribution < -0.4 is 10.1 Å². The van der Waals surface area contributed by atoms with E-state index in [2.05, 4.69) is 31.3 Å². The number of ether oxygens (including phenoxy) is 3. The Bertz CT molecular complexity index is 371. The van der Waals surface area contributed by atoms with E-state index in [0.717, 1.165) is 25.1 Å². The largest absolute Gasteiger partial charge is 0.491 e. The van der Waals surface area contributed by atoms with Gasteiger partial charge in [-0.2, -0.15) is 0 Å². The smallest absolute Gasteiger partial charge is 0.124 e. The van der Waals surface area contributed by atoms with E-state index in [9.17, 15) is 0 Å². The molecule has 0 spiro atoms. The van der Waals surface area contributed by atoms with E-state index < -0.39 is 0 Å². The molecule has 0 radical (unpaired) electrons. The molecule has 4 nitrogen and oxygen atoms in total. The van der Waals surface area contributed by atoms with Crippen molar-refractivity contribution in [2.75, 3.05) is 40.1 Å². The second-order valence-electron chi connectivity index (χ2n) is 4.91. The summed E-state index contributed by atoms with van der Waals surface area (Å²) in [5, 5.41) is 3.57. The molecular formula is C17H29NO3. The van der Waals surface area contributed by atoms with E-state index in [0.29, 0.717) is 32.5 Å². The predicted molar refractivity (Wildman–Crippen MR) is 86.0 cm³/mol. The van der Waals surface area contributed by atoms with Crippen LogP contribution in [0.2, 0.25) is 0 Å². The molecule has 0 fully saturated rings. The average Bonchev–Trinajstić information content (AvgIpc) is 2.52. The van der Waals surface area contributed by atoms with Crippen molar-refractivity contribution in [1.29, 1.82) is 0 Å². The summed E-state index contributed by atoms with van der Waals surface area (Å²) in [4.78, 5) is 0. The molecule has 0 aliphatic rings. The first-order valence-corrected chi connectivity index (χ1v) is 7.85. The van der Waals surface area contributed by atoms with Crippen LogP contribution in [0.5, 0.6) is 5.75 Å². The maximum absolute atomic E-state index is 5.87. The van der Waals surface area contributed by atoms with Crippen molar-refractivity contribution in [2.45, 2.75) is 32.7 Å². The van der Waals surface area contributed by atoms with Crippen LogP contribution in [0.4, 0.5) is 0 Å². The minimum atomic E-state index is 0.343. The molecule has 1 aromatic rings. The molecule has 0 saturated heterocycles. The second kappa shape index (κ2) is 11.5. The Morgan fingerprint density at radius 3 is 2.52 bits per heavy atom. The molecule has 1 atom stereocenters. The zero-order valence-corrected chi connectivity index (χ0v) is 13.6. The lowest BCUT2D eigenvalue weighted by molar-refractivity contribution is 0.0542.